The molecule has 0 radical (unpaired) electrons. The van der Waals surface area contributed by atoms with E-state index in [1.807, 2.05) is 6.20 Å². The third-order valence-electron chi connectivity index (χ3n) is 3.10. The quantitative estimate of drug-likeness (QED) is 0.829. The summed E-state index contributed by atoms with van der Waals surface area (Å²) in [5.41, 5.74) is 1.18. The fourth-order valence-electron chi connectivity index (χ4n) is 2.31. The van der Waals surface area contributed by atoms with Crippen LogP contribution >= 0.6 is 11.7 Å². The van der Waals surface area contributed by atoms with Crippen LogP contribution in [0, 0.1) is 5.92 Å². The van der Waals surface area contributed by atoms with E-state index in [2.05, 4.69) is 21.1 Å². The van der Waals surface area contributed by atoms with Crippen molar-refractivity contribution in [3.05, 3.63) is 11.9 Å². The highest BCUT2D eigenvalue weighted by molar-refractivity contribution is 6.99. The largest absolute Gasteiger partial charge is 0.317 e. The second-order valence-corrected chi connectivity index (χ2v) is 4.68. The van der Waals surface area contributed by atoms with Crippen LogP contribution < -0.4 is 5.32 Å². The zero-order valence-electron chi connectivity index (χ0n) is 8.57. The van der Waals surface area contributed by atoms with Crippen LogP contribution in [-0.2, 0) is 6.42 Å². The normalized spacial score (nSPS) is 27.8. The molecule has 1 N–H and O–H groups in total. The first-order chi connectivity index (χ1) is 6.88. The molecule has 2 rings (SSSR count). The Hall–Kier alpha value is -0.480. The van der Waals surface area contributed by atoms with Crippen molar-refractivity contribution in [2.24, 2.45) is 5.92 Å². The lowest BCUT2D eigenvalue weighted by molar-refractivity contribution is 0.293. The van der Waals surface area contributed by atoms with Gasteiger partial charge in [-0.3, -0.25) is 0 Å². The van der Waals surface area contributed by atoms with Gasteiger partial charge in [0.05, 0.1) is 23.6 Å². The minimum Gasteiger partial charge on any atom is -0.317 e. The Labute approximate surface area is 89.3 Å². The summed E-state index contributed by atoms with van der Waals surface area (Å²) in [6, 6.07) is 0.723. The van der Waals surface area contributed by atoms with Crippen molar-refractivity contribution in [3.63, 3.8) is 0 Å². The third kappa shape index (κ3) is 2.51. The second kappa shape index (κ2) is 4.84. The van der Waals surface area contributed by atoms with Crippen LogP contribution in [-0.4, -0.2) is 21.8 Å². The highest BCUT2D eigenvalue weighted by atomic mass is 32.1. The first-order valence-electron chi connectivity index (χ1n) is 5.32. The van der Waals surface area contributed by atoms with Crippen LogP contribution in [0.2, 0.25) is 0 Å². The molecule has 1 heterocycles. The molecule has 1 aromatic rings. The summed E-state index contributed by atoms with van der Waals surface area (Å²) in [6.07, 6.45) is 8.38. The minimum absolute atomic E-state index is 0.723. The Morgan fingerprint density at radius 2 is 2.50 bits per heavy atom. The molecule has 0 aliphatic heterocycles. The van der Waals surface area contributed by atoms with Crippen LogP contribution in [0.3, 0.4) is 0 Å². The number of nitrogens with zero attached hydrogens (tertiary/aromatic N) is 2. The summed E-state index contributed by atoms with van der Waals surface area (Å²) in [6.45, 7) is 0. The summed E-state index contributed by atoms with van der Waals surface area (Å²) >= 11 is 1.32. The molecule has 0 bridgehead atoms. The fraction of sp³-hybridized carbons (Fsp3) is 0.800. The molecule has 1 aliphatic rings. The van der Waals surface area contributed by atoms with Crippen LogP contribution in [0.15, 0.2) is 6.20 Å². The van der Waals surface area contributed by atoms with Gasteiger partial charge in [-0.25, -0.2) is 0 Å². The molecule has 14 heavy (non-hydrogen) atoms. The Kier molecular flexibility index (Phi) is 3.48. The molecule has 1 saturated carbocycles. The van der Waals surface area contributed by atoms with Gasteiger partial charge in [-0.1, -0.05) is 6.42 Å². The minimum atomic E-state index is 0.723. The molecule has 2 atom stereocenters. The van der Waals surface area contributed by atoms with Gasteiger partial charge in [0.1, 0.15) is 0 Å². The smallest absolute Gasteiger partial charge is 0.0745 e. The van der Waals surface area contributed by atoms with Crippen LogP contribution in [0.4, 0.5) is 0 Å². The maximum absolute atomic E-state index is 4.27. The van der Waals surface area contributed by atoms with Crippen molar-refractivity contribution >= 4 is 11.7 Å². The predicted molar refractivity (Wildman–Crippen MR) is 58.4 cm³/mol. The number of hydrogen-bond donors (Lipinski definition) is 1. The van der Waals surface area contributed by atoms with Gasteiger partial charge in [-0.15, -0.1) is 0 Å². The third-order valence-corrected chi connectivity index (χ3v) is 3.61. The summed E-state index contributed by atoms with van der Waals surface area (Å²) in [5.74, 6) is 0.810. The van der Waals surface area contributed by atoms with Crippen LogP contribution in [0.25, 0.3) is 0 Å². The summed E-state index contributed by atoms with van der Waals surface area (Å²) < 4.78 is 8.31. The highest BCUT2D eigenvalue weighted by Gasteiger charge is 2.21. The van der Waals surface area contributed by atoms with E-state index in [4.69, 9.17) is 0 Å². The first-order valence-corrected chi connectivity index (χ1v) is 6.05. The number of nitrogens with one attached hydrogen (secondary N) is 1. The summed E-state index contributed by atoms with van der Waals surface area (Å²) in [5, 5.41) is 3.38. The zero-order chi connectivity index (χ0) is 9.80. The molecule has 4 heteroatoms. The summed E-state index contributed by atoms with van der Waals surface area (Å²) in [7, 11) is 2.07. The zero-order valence-corrected chi connectivity index (χ0v) is 9.39. The number of aromatic nitrogens is 2. The van der Waals surface area contributed by atoms with Gasteiger partial charge in [0.15, 0.2) is 0 Å². The average molecular weight is 211 g/mol. The first kappa shape index (κ1) is 10.1. The Bertz CT molecular complexity index is 260. The predicted octanol–water partition coefficient (Wildman–Crippen LogP) is 1.86. The lowest BCUT2D eigenvalue weighted by atomic mass is 9.83. The van der Waals surface area contributed by atoms with Crippen molar-refractivity contribution in [2.45, 2.75) is 38.1 Å². The number of rotatable bonds is 3. The maximum Gasteiger partial charge on any atom is 0.0745 e. The van der Waals surface area contributed by atoms with Gasteiger partial charge in [0.2, 0.25) is 0 Å². The van der Waals surface area contributed by atoms with Crippen molar-refractivity contribution in [2.75, 3.05) is 7.05 Å². The van der Waals surface area contributed by atoms with Gasteiger partial charge in [0.25, 0.3) is 0 Å². The molecule has 0 aromatic carbocycles. The molecule has 3 nitrogen and oxygen atoms in total. The van der Waals surface area contributed by atoms with E-state index in [1.165, 1.54) is 43.1 Å². The molecule has 1 aromatic heterocycles. The molecule has 2 unspecified atom stereocenters. The molecule has 0 spiro atoms. The highest BCUT2D eigenvalue weighted by Crippen LogP contribution is 2.26. The van der Waals surface area contributed by atoms with E-state index >= 15 is 0 Å². The van der Waals surface area contributed by atoms with Crippen LogP contribution in [0.5, 0.6) is 0 Å². The van der Waals surface area contributed by atoms with Crippen LogP contribution in [0.1, 0.15) is 31.4 Å². The van der Waals surface area contributed by atoms with E-state index in [-0.39, 0.29) is 0 Å². The van der Waals surface area contributed by atoms with Gasteiger partial charge < -0.3 is 5.32 Å². The molecule has 1 fully saturated rings. The van der Waals surface area contributed by atoms with Crippen molar-refractivity contribution < 1.29 is 0 Å². The van der Waals surface area contributed by atoms with Gasteiger partial charge in [-0.2, -0.15) is 8.75 Å². The van der Waals surface area contributed by atoms with Crippen molar-refractivity contribution in [1.29, 1.82) is 0 Å². The summed E-state index contributed by atoms with van der Waals surface area (Å²) in [4.78, 5) is 0. The average Bonchev–Trinajstić information content (AvgIpc) is 2.71. The molecular formula is C10H17N3S. The van der Waals surface area contributed by atoms with Gasteiger partial charge in [0, 0.05) is 6.04 Å². The van der Waals surface area contributed by atoms with E-state index < -0.39 is 0 Å². The monoisotopic (exact) mass is 211 g/mol. The molecule has 1 aliphatic carbocycles. The lowest BCUT2D eigenvalue weighted by Crippen LogP contribution is -2.31. The Morgan fingerprint density at radius 3 is 3.21 bits per heavy atom. The van der Waals surface area contributed by atoms with E-state index in [0.29, 0.717) is 0 Å². The SMILES string of the molecule is CNC1CCCC(Cc2cnsn2)C1. The molecule has 0 amide bonds. The molecule has 78 valence electrons. The van der Waals surface area contributed by atoms with Gasteiger partial charge in [-0.05, 0) is 38.6 Å². The standard InChI is InChI=1S/C10H17N3S/c1-11-9-4-2-3-8(5-9)6-10-7-12-14-13-10/h7-9,11H,2-6H2,1H3. The number of hydrogen-bond acceptors (Lipinski definition) is 4. The van der Waals surface area contributed by atoms with Crippen molar-refractivity contribution in [3.8, 4) is 0 Å². The second-order valence-electron chi connectivity index (χ2n) is 4.12. The maximum atomic E-state index is 4.27. The van der Waals surface area contributed by atoms with Crippen molar-refractivity contribution in [1.82, 2.24) is 14.1 Å². The molecular weight excluding hydrogens is 194 g/mol. The topological polar surface area (TPSA) is 37.8 Å². The van der Waals surface area contributed by atoms with E-state index in [0.717, 1.165) is 18.4 Å². The van der Waals surface area contributed by atoms with E-state index in [1.54, 1.807) is 0 Å². The van der Waals surface area contributed by atoms with E-state index in [9.17, 15) is 0 Å². The van der Waals surface area contributed by atoms with Gasteiger partial charge >= 0.3 is 0 Å². The lowest BCUT2D eigenvalue weighted by Gasteiger charge is -2.28. The molecule has 0 saturated heterocycles. The fourth-order valence-corrected chi connectivity index (χ4v) is 2.75. The Morgan fingerprint density at radius 1 is 1.57 bits per heavy atom. The Balaban J connectivity index is 1.86.